The number of aromatic nitrogens is 1. The summed E-state index contributed by atoms with van der Waals surface area (Å²) in [5.74, 6) is -0.373. The Hall–Kier alpha value is -4.15. The van der Waals surface area contributed by atoms with Gasteiger partial charge in [0.2, 0.25) is 0 Å². The van der Waals surface area contributed by atoms with E-state index in [1.165, 1.54) is 6.21 Å². The van der Waals surface area contributed by atoms with Crippen molar-refractivity contribution in [3.05, 3.63) is 116 Å². The summed E-state index contributed by atoms with van der Waals surface area (Å²) < 4.78 is 12.3. The van der Waals surface area contributed by atoms with Crippen molar-refractivity contribution in [3.63, 3.8) is 0 Å². The first-order valence-corrected chi connectivity index (χ1v) is 13.8. The number of hydrogen-bond donors (Lipinski definition) is 2. The monoisotopic (exact) mass is 663 g/mol. The average molecular weight is 664 g/mol. The van der Waals surface area contributed by atoms with Crippen LogP contribution in [0.4, 0.5) is 0 Å². The van der Waals surface area contributed by atoms with Crippen molar-refractivity contribution >= 4 is 63.2 Å². The van der Waals surface area contributed by atoms with E-state index < -0.39 is 5.97 Å². The molecule has 4 aromatic carbocycles. The highest BCUT2D eigenvalue weighted by Gasteiger charge is 2.19. The van der Waals surface area contributed by atoms with Crippen LogP contribution >= 0.6 is 34.2 Å². The van der Waals surface area contributed by atoms with Gasteiger partial charge in [-0.3, -0.25) is 4.79 Å². The Kier molecular flexibility index (Phi) is 8.47. The van der Waals surface area contributed by atoms with Gasteiger partial charge in [0.25, 0.3) is 5.91 Å². The Morgan fingerprint density at radius 2 is 1.75 bits per heavy atom. The van der Waals surface area contributed by atoms with Crippen LogP contribution < -0.4 is 14.9 Å². The fourth-order valence-corrected chi connectivity index (χ4v) is 4.90. The summed E-state index contributed by atoms with van der Waals surface area (Å²) in [7, 11) is 0. The number of fused-ring (bicyclic) bond motifs is 1. The zero-order valence-electron chi connectivity index (χ0n) is 21.3. The van der Waals surface area contributed by atoms with E-state index in [0.717, 1.165) is 25.6 Å². The lowest BCUT2D eigenvalue weighted by Gasteiger charge is -2.12. The maximum Gasteiger partial charge on any atom is 0.345 e. The fourth-order valence-electron chi connectivity index (χ4n) is 4.20. The molecular weight excluding hydrogens is 641 g/mol. The highest BCUT2D eigenvalue weighted by Crippen LogP contribution is 2.34. The van der Waals surface area contributed by atoms with Gasteiger partial charge in [-0.25, -0.2) is 10.2 Å². The average Bonchev–Trinajstić information content (AvgIpc) is 3.34. The summed E-state index contributed by atoms with van der Waals surface area (Å²) in [6.45, 7) is 2.18. The Labute approximate surface area is 249 Å². The van der Waals surface area contributed by atoms with Crippen molar-refractivity contribution in [2.24, 2.45) is 5.10 Å². The number of nitrogens with zero attached hydrogens (tertiary/aromatic N) is 1. The van der Waals surface area contributed by atoms with Gasteiger partial charge in [0.1, 0.15) is 5.69 Å². The van der Waals surface area contributed by atoms with Crippen LogP contribution in [-0.4, -0.2) is 29.7 Å². The van der Waals surface area contributed by atoms with Gasteiger partial charge < -0.3 is 14.5 Å². The first kappa shape index (κ1) is 27.4. The molecule has 0 atom stereocenters. The number of halogens is 2. The topological polar surface area (TPSA) is 92.8 Å². The van der Waals surface area contributed by atoms with E-state index in [2.05, 4.69) is 38.1 Å². The predicted octanol–water partition coefficient (Wildman–Crippen LogP) is 7.47. The molecule has 0 spiro atoms. The number of H-pyrrole nitrogens is 1. The van der Waals surface area contributed by atoms with E-state index in [0.29, 0.717) is 28.6 Å². The summed E-state index contributed by atoms with van der Waals surface area (Å²) in [6.07, 6.45) is 1.49. The third-order valence-electron chi connectivity index (χ3n) is 5.99. The highest BCUT2D eigenvalue weighted by molar-refractivity contribution is 14.1. The fraction of sp³-hybridized carbons (Fsp3) is 0.0645. The van der Waals surface area contributed by atoms with Gasteiger partial charge >= 0.3 is 5.97 Å². The van der Waals surface area contributed by atoms with Crippen molar-refractivity contribution in [1.82, 2.24) is 10.4 Å². The molecule has 0 saturated heterocycles. The van der Waals surface area contributed by atoms with Crippen LogP contribution in [0.5, 0.6) is 11.5 Å². The van der Waals surface area contributed by atoms with Crippen LogP contribution in [0.2, 0.25) is 5.02 Å². The van der Waals surface area contributed by atoms with E-state index in [-0.39, 0.29) is 17.2 Å². The van der Waals surface area contributed by atoms with Crippen molar-refractivity contribution < 1.29 is 19.1 Å². The second-order valence-corrected chi connectivity index (χ2v) is 10.3. The highest BCUT2D eigenvalue weighted by atomic mass is 127. The first-order valence-electron chi connectivity index (χ1n) is 12.4. The van der Waals surface area contributed by atoms with Crippen LogP contribution in [0.25, 0.3) is 22.0 Å². The van der Waals surface area contributed by atoms with Gasteiger partial charge in [-0.2, -0.15) is 5.10 Å². The van der Waals surface area contributed by atoms with E-state index in [1.807, 2.05) is 55.5 Å². The number of hydrazone groups is 1. The molecule has 9 heteroatoms. The minimum atomic E-state index is -0.595. The lowest BCUT2D eigenvalue weighted by molar-refractivity contribution is 0.0728. The quantitative estimate of drug-likeness (QED) is 0.0592. The minimum absolute atomic E-state index is 0.244. The van der Waals surface area contributed by atoms with Crippen LogP contribution in [-0.2, 0) is 0 Å². The number of carbonyl (C=O) groups is 2. The maximum atomic E-state index is 13.2. The van der Waals surface area contributed by atoms with E-state index in [1.54, 1.807) is 42.5 Å². The van der Waals surface area contributed by atoms with Crippen LogP contribution in [0.3, 0.4) is 0 Å². The molecule has 0 aliphatic heterocycles. The molecule has 2 N–H and O–H groups in total. The Balaban J connectivity index is 1.36. The normalized spacial score (nSPS) is 11.1. The summed E-state index contributed by atoms with van der Waals surface area (Å²) in [5, 5.41) is 5.42. The Bertz CT molecular complexity index is 1730. The van der Waals surface area contributed by atoms with Gasteiger partial charge in [-0.15, -0.1) is 0 Å². The number of nitrogens with one attached hydrogen (secondary N) is 2. The molecule has 5 aromatic rings. The molecule has 1 heterocycles. The second-order valence-electron chi connectivity index (χ2n) is 8.64. The molecule has 1 aromatic heterocycles. The van der Waals surface area contributed by atoms with Gasteiger partial charge in [-0.1, -0.05) is 54.1 Å². The zero-order chi connectivity index (χ0) is 28.1. The van der Waals surface area contributed by atoms with Gasteiger partial charge in [0.15, 0.2) is 11.5 Å². The summed E-state index contributed by atoms with van der Waals surface area (Å²) in [4.78, 5) is 29.1. The van der Waals surface area contributed by atoms with E-state index in [4.69, 9.17) is 21.1 Å². The molecule has 0 bridgehead atoms. The molecule has 5 rings (SSSR count). The van der Waals surface area contributed by atoms with Gasteiger partial charge in [-0.05, 0) is 89.2 Å². The van der Waals surface area contributed by atoms with Crippen LogP contribution in [0.1, 0.15) is 33.3 Å². The molecule has 0 aliphatic carbocycles. The molecule has 0 unspecified atom stereocenters. The zero-order valence-corrected chi connectivity index (χ0v) is 24.2. The number of amides is 1. The molecular formula is C31H23ClIN3O4. The van der Waals surface area contributed by atoms with E-state index in [9.17, 15) is 9.59 Å². The molecule has 0 saturated carbocycles. The Morgan fingerprint density at radius 1 is 0.975 bits per heavy atom. The third-order valence-corrected chi connectivity index (χ3v) is 6.99. The SMILES string of the molecule is CCOc1cc(C=NNC(=O)c2[nH]c3ccc(I)cc3c2-c2ccccc2)ccc1OC(=O)c1ccccc1Cl. The maximum absolute atomic E-state index is 13.2. The number of ether oxygens (including phenoxy) is 2. The van der Waals surface area contributed by atoms with Crippen LogP contribution in [0.15, 0.2) is 96.1 Å². The smallest absolute Gasteiger partial charge is 0.345 e. The molecule has 7 nitrogen and oxygen atoms in total. The molecule has 0 aliphatic rings. The lowest BCUT2D eigenvalue weighted by Crippen LogP contribution is -2.18. The van der Waals surface area contributed by atoms with Gasteiger partial charge in [0.05, 0.1) is 23.4 Å². The largest absolute Gasteiger partial charge is 0.490 e. The number of rotatable bonds is 8. The molecule has 200 valence electrons. The summed E-state index contributed by atoms with van der Waals surface area (Å²) in [6, 6.07) is 27.4. The molecule has 0 fully saturated rings. The van der Waals surface area contributed by atoms with Crippen molar-refractivity contribution in [1.29, 1.82) is 0 Å². The Morgan fingerprint density at radius 3 is 2.52 bits per heavy atom. The van der Waals surface area contributed by atoms with E-state index >= 15 is 0 Å². The van der Waals surface area contributed by atoms with Gasteiger partial charge in [0, 0.05) is 20.0 Å². The van der Waals surface area contributed by atoms with Crippen molar-refractivity contribution in [2.75, 3.05) is 6.61 Å². The molecule has 40 heavy (non-hydrogen) atoms. The second kappa shape index (κ2) is 12.4. The number of esters is 1. The third kappa shape index (κ3) is 6.03. The van der Waals surface area contributed by atoms with Crippen molar-refractivity contribution in [3.8, 4) is 22.6 Å². The number of carbonyl (C=O) groups excluding carboxylic acids is 2. The predicted molar refractivity (Wildman–Crippen MR) is 166 cm³/mol. The number of benzene rings is 4. The minimum Gasteiger partial charge on any atom is -0.490 e. The molecule has 1 amide bonds. The number of hydrogen-bond acceptors (Lipinski definition) is 5. The first-order chi connectivity index (χ1) is 19.4. The summed E-state index contributed by atoms with van der Waals surface area (Å²) in [5.41, 5.74) is 6.51. The lowest BCUT2D eigenvalue weighted by atomic mass is 10.0. The molecule has 0 radical (unpaired) electrons. The van der Waals surface area contributed by atoms with Crippen LogP contribution in [0, 0.1) is 3.57 Å². The standard InChI is InChI=1S/C31H23ClIN3O4/c1-2-39-27-16-19(12-15-26(27)40-31(38)22-10-6-7-11-24(22)32)18-34-36-30(37)29-28(20-8-4-3-5-9-20)23-17-21(33)13-14-25(23)35-29/h3-18,35H,2H2,1H3,(H,36,37). The van der Waals surface area contributed by atoms with Crippen molar-refractivity contribution in [2.45, 2.75) is 6.92 Å². The summed E-state index contributed by atoms with van der Waals surface area (Å²) >= 11 is 8.39. The number of aromatic amines is 1.